The second kappa shape index (κ2) is 8.68. The molecule has 0 aliphatic carbocycles. The average molecular weight is 475 g/mol. The van der Waals surface area contributed by atoms with Gasteiger partial charge in [-0.25, -0.2) is 14.1 Å². The summed E-state index contributed by atoms with van der Waals surface area (Å²) in [5.74, 6) is -0.957. The largest absolute Gasteiger partial charge is 0.471 e. The quantitative estimate of drug-likeness (QED) is 0.198. The van der Waals surface area contributed by atoms with E-state index in [1.165, 1.54) is 12.1 Å². The van der Waals surface area contributed by atoms with E-state index in [1.54, 1.807) is 0 Å². The van der Waals surface area contributed by atoms with Crippen molar-refractivity contribution in [2.75, 3.05) is 18.3 Å². The number of ether oxygens (including phenoxy) is 1. The summed E-state index contributed by atoms with van der Waals surface area (Å²) in [6, 6.07) is 3.80. The third-order valence-electron chi connectivity index (χ3n) is 4.63. The van der Waals surface area contributed by atoms with Crippen molar-refractivity contribution < 1.29 is 23.4 Å². The molecule has 154 valence electrons. The normalized spacial score (nSPS) is 12.1. The van der Waals surface area contributed by atoms with E-state index >= 15 is 0 Å². The lowest BCUT2D eigenvalue weighted by molar-refractivity contribution is 0.189. The van der Waals surface area contributed by atoms with Crippen LogP contribution in [0.4, 0.5) is 10.1 Å². The maximum absolute atomic E-state index is 13.4. The molecule has 0 amide bonds. The minimum atomic E-state index is -1.90. The van der Waals surface area contributed by atoms with Crippen LogP contribution in [0.5, 0.6) is 5.88 Å². The highest BCUT2D eigenvalue weighted by molar-refractivity contribution is 9.10. The van der Waals surface area contributed by atoms with E-state index in [2.05, 4.69) is 64.7 Å². The van der Waals surface area contributed by atoms with Crippen LogP contribution in [0.15, 0.2) is 27.3 Å². The van der Waals surface area contributed by atoms with Gasteiger partial charge in [0, 0.05) is 0 Å². The zero-order valence-corrected chi connectivity index (χ0v) is 19.0. The summed E-state index contributed by atoms with van der Waals surface area (Å²) in [5.41, 5.74) is 0.0729. The van der Waals surface area contributed by atoms with E-state index in [9.17, 15) is 9.60 Å². The molecule has 0 radical (unpaired) electrons. The van der Waals surface area contributed by atoms with Gasteiger partial charge in [0.25, 0.3) is 5.88 Å². The Morgan fingerprint density at radius 2 is 2.00 bits per heavy atom. The predicted octanol–water partition coefficient (Wildman–Crippen LogP) is 4.59. The molecule has 0 saturated carbocycles. The fourth-order valence-corrected chi connectivity index (χ4v) is 3.31. The average Bonchev–Trinajstić information content (AvgIpc) is 3.07. The molecule has 8 nitrogen and oxygen atoms in total. The highest BCUT2D eigenvalue weighted by Crippen LogP contribution is 2.36. The summed E-state index contributed by atoms with van der Waals surface area (Å²) < 4.78 is 29.7. The number of nitrogens with zero attached hydrogens (tertiary/aromatic N) is 3. The van der Waals surface area contributed by atoms with Gasteiger partial charge in [0.2, 0.25) is 5.69 Å². The standard InChI is InChI=1S/C17H24BrFN4O4Si/c1-17(2,3)28(4,5)26-9-8-25-16-14(21-27-22-16)15(20)23(24)11-6-7-13(19)12(18)10-11/h6-7,10,20,24H,8-9H2,1-5H3. The van der Waals surface area contributed by atoms with Crippen molar-refractivity contribution in [1.29, 1.82) is 5.41 Å². The third kappa shape index (κ3) is 5.16. The first-order chi connectivity index (χ1) is 12.9. The Morgan fingerprint density at radius 1 is 1.32 bits per heavy atom. The van der Waals surface area contributed by atoms with Crippen molar-refractivity contribution in [3.63, 3.8) is 0 Å². The number of rotatable bonds is 7. The van der Waals surface area contributed by atoms with E-state index in [1.807, 2.05) is 0 Å². The Morgan fingerprint density at radius 3 is 2.61 bits per heavy atom. The number of anilines is 1. The summed E-state index contributed by atoms with van der Waals surface area (Å²) in [7, 11) is -1.90. The van der Waals surface area contributed by atoms with Gasteiger partial charge in [0.05, 0.1) is 16.8 Å². The minimum absolute atomic E-state index is 0.0379. The van der Waals surface area contributed by atoms with Gasteiger partial charge in [-0.05, 0) is 62.6 Å². The molecule has 1 aromatic carbocycles. The Labute approximate surface area is 172 Å². The molecule has 0 bridgehead atoms. The van der Waals surface area contributed by atoms with Crippen LogP contribution in [0, 0.1) is 11.2 Å². The lowest BCUT2D eigenvalue weighted by Gasteiger charge is -2.36. The number of nitrogens with one attached hydrogen (secondary N) is 1. The highest BCUT2D eigenvalue weighted by Gasteiger charge is 2.37. The van der Waals surface area contributed by atoms with Crippen LogP contribution in [-0.2, 0) is 4.43 Å². The molecule has 0 spiro atoms. The molecule has 0 atom stereocenters. The van der Waals surface area contributed by atoms with E-state index in [4.69, 9.17) is 14.6 Å². The molecule has 28 heavy (non-hydrogen) atoms. The van der Waals surface area contributed by atoms with E-state index in [0.29, 0.717) is 11.7 Å². The molecule has 2 N–H and O–H groups in total. The zero-order chi connectivity index (χ0) is 21.1. The minimum Gasteiger partial charge on any atom is -0.471 e. The number of halogens is 2. The molecule has 2 rings (SSSR count). The molecule has 0 saturated heterocycles. The Balaban J connectivity index is 2.01. The van der Waals surface area contributed by atoms with Crippen molar-refractivity contribution >= 4 is 35.8 Å². The number of hydrogen-bond acceptors (Lipinski definition) is 7. The monoisotopic (exact) mass is 474 g/mol. The van der Waals surface area contributed by atoms with Crippen LogP contribution < -0.4 is 9.80 Å². The Kier molecular flexibility index (Phi) is 6.96. The van der Waals surface area contributed by atoms with Gasteiger partial charge in [-0.3, -0.25) is 10.6 Å². The first-order valence-corrected chi connectivity index (χ1v) is 12.3. The van der Waals surface area contributed by atoms with Gasteiger partial charge >= 0.3 is 0 Å². The second-order valence-electron chi connectivity index (χ2n) is 7.63. The molecular weight excluding hydrogens is 451 g/mol. The first-order valence-electron chi connectivity index (χ1n) is 8.56. The van der Waals surface area contributed by atoms with Crippen molar-refractivity contribution in [3.05, 3.63) is 34.2 Å². The molecule has 1 heterocycles. The van der Waals surface area contributed by atoms with E-state index < -0.39 is 20.0 Å². The molecule has 0 aliphatic heterocycles. The van der Waals surface area contributed by atoms with Crippen LogP contribution in [0.1, 0.15) is 26.5 Å². The number of benzene rings is 1. The topological polar surface area (TPSA) is 105 Å². The lowest BCUT2D eigenvalue weighted by Crippen LogP contribution is -2.41. The third-order valence-corrected chi connectivity index (χ3v) is 9.78. The van der Waals surface area contributed by atoms with Crippen LogP contribution >= 0.6 is 15.9 Å². The molecule has 1 aromatic heterocycles. The Hall–Kier alpha value is -1.82. The molecular formula is C17H24BrFN4O4Si. The summed E-state index contributed by atoms with van der Waals surface area (Å²) in [5, 5.41) is 26.2. The summed E-state index contributed by atoms with van der Waals surface area (Å²) in [6.07, 6.45) is 0. The number of hydrogen-bond donors (Lipinski definition) is 2. The van der Waals surface area contributed by atoms with Crippen LogP contribution in [0.2, 0.25) is 18.1 Å². The van der Waals surface area contributed by atoms with Crippen molar-refractivity contribution in [3.8, 4) is 5.88 Å². The highest BCUT2D eigenvalue weighted by atomic mass is 79.9. The predicted molar refractivity (Wildman–Crippen MR) is 108 cm³/mol. The lowest BCUT2D eigenvalue weighted by atomic mass is 10.2. The number of hydroxylamine groups is 1. The summed E-state index contributed by atoms with van der Waals surface area (Å²) in [4.78, 5) is 0. The van der Waals surface area contributed by atoms with Gasteiger partial charge in [-0.1, -0.05) is 20.8 Å². The maximum Gasteiger partial charge on any atom is 0.287 e. The van der Waals surface area contributed by atoms with Crippen LogP contribution in [0.25, 0.3) is 0 Å². The van der Waals surface area contributed by atoms with Gasteiger partial charge in [-0.15, -0.1) is 0 Å². The number of aromatic nitrogens is 2. The van der Waals surface area contributed by atoms with Crippen LogP contribution in [-0.4, -0.2) is 42.9 Å². The van der Waals surface area contributed by atoms with Crippen LogP contribution in [0.3, 0.4) is 0 Å². The van der Waals surface area contributed by atoms with Gasteiger partial charge in [0.15, 0.2) is 14.2 Å². The van der Waals surface area contributed by atoms with Crippen molar-refractivity contribution in [2.24, 2.45) is 0 Å². The van der Waals surface area contributed by atoms with Gasteiger partial charge in [-0.2, -0.15) is 0 Å². The molecule has 0 unspecified atom stereocenters. The first kappa shape index (κ1) is 22.5. The van der Waals surface area contributed by atoms with E-state index in [0.717, 1.165) is 6.07 Å². The van der Waals surface area contributed by atoms with Gasteiger partial charge < -0.3 is 9.16 Å². The zero-order valence-electron chi connectivity index (χ0n) is 16.4. The molecule has 2 aromatic rings. The van der Waals surface area contributed by atoms with Crippen molar-refractivity contribution in [2.45, 2.75) is 38.9 Å². The summed E-state index contributed by atoms with van der Waals surface area (Å²) in [6.45, 7) is 11.2. The fourth-order valence-electron chi connectivity index (χ4n) is 1.92. The fraction of sp³-hybridized carbons (Fsp3) is 0.471. The second-order valence-corrected chi connectivity index (χ2v) is 13.3. The molecule has 0 aliphatic rings. The molecule has 0 fully saturated rings. The number of amidine groups is 1. The maximum atomic E-state index is 13.4. The smallest absolute Gasteiger partial charge is 0.287 e. The Bertz CT molecular complexity index is 841. The van der Waals surface area contributed by atoms with E-state index in [-0.39, 0.29) is 33.4 Å². The van der Waals surface area contributed by atoms with Gasteiger partial charge in [0.1, 0.15) is 12.4 Å². The SMILES string of the molecule is CC(C)(C)[Si](C)(C)OCCOc1nonc1C(=N)N(O)c1ccc(F)c(Br)c1. The molecule has 11 heteroatoms. The summed E-state index contributed by atoms with van der Waals surface area (Å²) >= 11 is 3.03. The van der Waals surface area contributed by atoms with Crippen molar-refractivity contribution in [1.82, 2.24) is 10.3 Å².